The van der Waals surface area contributed by atoms with Gasteiger partial charge in [0.15, 0.2) is 0 Å². The highest BCUT2D eigenvalue weighted by Gasteiger charge is 2.24. The van der Waals surface area contributed by atoms with Crippen molar-refractivity contribution in [3.05, 3.63) is 28.2 Å². The van der Waals surface area contributed by atoms with Gasteiger partial charge in [0, 0.05) is 29.8 Å². The van der Waals surface area contributed by atoms with Crippen molar-refractivity contribution >= 4 is 27.7 Å². The standard InChI is InChI=1S/C20H31BrN2O2/c1-5-6-11-23(19(24)25-20(2,3)4)15-16-9-10-17(21)14-18(16)22-12-7-8-13-22/h9-10,14H,5-8,11-13,15H2,1-4H3. The van der Waals surface area contributed by atoms with Crippen LogP contribution in [0.4, 0.5) is 10.5 Å². The smallest absolute Gasteiger partial charge is 0.410 e. The maximum Gasteiger partial charge on any atom is 0.410 e. The minimum Gasteiger partial charge on any atom is -0.444 e. The molecule has 1 aromatic rings. The molecule has 4 nitrogen and oxygen atoms in total. The number of nitrogens with zero attached hydrogens (tertiary/aromatic N) is 2. The highest BCUT2D eigenvalue weighted by molar-refractivity contribution is 9.10. The van der Waals surface area contributed by atoms with Gasteiger partial charge in [-0.3, -0.25) is 0 Å². The second kappa shape index (κ2) is 8.93. The zero-order chi connectivity index (χ0) is 18.4. The maximum absolute atomic E-state index is 12.6. The zero-order valence-electron chi connectivity index (χ0n) is 16.0. The minimum absolute atomic E-state index is 0.226. The molecule has 0 unspecified atom stereocenters. The number of hydrogen-bond acceptors (Lipinski definition) is 3. The molecule has 1 saturated heterocycles. The lowest BCUT2D eigenvalue weighted by Gasteiger charge is -2.29. The first-order chi connectivity index (χ1) is 11.8. The third kappa shape index (κ3) is 6.21. The molecule has 140 valence electrons. The summed E-state index contributed by atoms with van der Waals surface area (Å²) >= 11 is 3.59. The van der Waals surface area contributed by atoms with Crippen LogP contribution in [0.25, 0.3) is 0 Å². The number of amides is 1. The molecule has 5 heteroatoms. The van der Waals surface area contributed by atoms with Gasteiger partial charge < -0.3 is 14.5 Å². The molecular weight excluding hydrogens is 380 g/mol. The van der Waals surface area contributed by atoms with Crippen LogP contribution >= 0.6 is 15.9 Å². The summed E-state index contributed by atoms with van der Waals surface area (Å²) in [6, 6.07) is 6.36. The van der Waals surface area contributed by atoms with Gasteiger partial charge in [0.05, 0.1) is 6.54 Å². The minimum atomic E-state index is -0.473. The number of carbonyl (C=O) groups is 1. The van der Waals surface area contributed by atoms with Gasteiger partial charge in [-0.05, 0) is 57.7 Å². The van der Waals surface area contributed by atoms with Gasteiger partial charge in [0.25, 0.3) is 0 Å². The Morgan fingerprint density at radius 3 is 2.56 bits per heavy atom. The van der Waals surface area contributed by atoms with Crippen molar-refractivity contribution in [2.24, 2.45) is 0 Å². The van der Waals surface area contributed by atoms with E-state index in [1.54, 1.807) is 0 Å². The lowest BCUT2D eigenvalue weighted by atomic mass is 10.1. The molecule has 1 amide bonds. The number of hydrogen-bond donors (Lipinski definition) is 0. The molecule has 0 bridgehead atoms. The van der Waals surface area contributed by atoms with E-state index >= 15 is 0 Å². The summed E-state index contributed by atoms with van der Waals surface area (Å²) in [5.74, 6) is 0. The Labute approximate surface area is 160 Å². The fraction of sp³-hybridized carbons (Fsp3) is 0.650. The highest BCUT2D eigenvalue weighted by atomic mass is 79.9. The van der Waals surface area contributed by atoms with Gasteiger partial charge >= 0.3 is 6.09 Å². The molecule has 0 saturated carbocycles. The van der Waals surface area contributed by atoms with Gasteiger partial charge in [-0.15, -0.1) is 0 Å². The van der Waals surface area contributed by atoms with E-state index in [9.17, 15) is 4.79 Å². The monoisotopic (exact) mass is 410 g/mol. The molecule has 0 spiro atoms. The predicted molar refractivity (Wildman–Crippen MR) is 107 cm³/mol. The summed E-state index contributed by atoms with van der Waals surface area (Å²) in [7, 11) is 0. The van der Waals surface area contributed by atoms with Crippen molar-refractivity contribution in [1.29, 1.82) is 0 Å². The van der Waals surface area contributed by atoms with Crippen LogP contribution in [-0.4, -0.2) is 36.2 Å². The summed E-state index contributed by atoms with van der Waals surface area (Å²) in [6.45, 7) is 11.4. The fourth-order valence-electron chi connectivity index (χ4n) is 3.04. The van der Waals surface area contributed by atoms with Crippen LogP contribution in [0.15, 0.2) is 22.7 Å². The van der Waals surface area contributed by atoms with E-state index in [1.165, 1.54) is 24.1 Å². The van der Waals surface area contributed by atoms with E-state index in [-0.39, 0.29) is 6.09 Å². The second-order valence-electron chi connectivity index (χ2n) is 7.72. The first-order valence-corrected chi connectivity index (χ1v) is 10.1. The van der Waals surface area contributed by atoms with E-state index in [2.05, 4.69) is 46.0 Å². The fourth-order valence-corrected chi connectivity index (χ4v) is 3.39. The molecule has 1 aliphatic rings. The average molecular weight is 411 g/mol. The Balaban J connectivity index is 2.21. The first kappa shape index (κ1) is 20.1. The Bertz CT molecular complexity index is 578. The molecule has 0 aliphatic carbocycles. The number of carbonyl (C=O) groups excluding carboxylic acids is 1. The molecule has 0 atom stereocenters. The third-order valence-electron chi connectivity index (χ3n) is 4.29. The van der Waals surface area contributed by atoms with E-state index in [0.29, 0.717) is 6.54 Å². The van der Waals surface area contributed by atoms with Gasteiger partial charge in [0.1, 0.15) is 5.60 Å². The van der Waals surface area contributed by atoms with E-state index in [4.69, 9.17) is 4.74 Å². The van der Waals surface area contributed by atoms with Crippen LogP contribution in [0.1, 0.15) is 58.9 Å². The quantitative estimate of drug-likeness (QED) is 0.612. The van der Waals surface area contributed by atoms with E-state index in [1.807, 2.05) is 25.7 Å². The van der Waals surface area contributed by atoms with Gasteiger partial charge in [0.2, 0.25) is 0 Å². The number of rotatable bonds is 6. The van der Waals surface area contributed by atoms with Crippen molar-refractivity contribution in [2.75, 3.05) is 24.5 Å². The highest BCUT2D eigenvalue weighted by Crippen LogP contribution is 2.29. The second-order valence-corrected chi connectivity index (χ2v) is 8.64. The number of benzene rings is 1. The zero-order valence-corrected chi connectivity index (χ0v) is 17.6. The molecule has 1 aromatic carbocycles. The third-order valence-corrected chi connectivity index (χ3v) is 4.78. The van der Waals surface area contributed by atoms with Crippen molar-refractivity contribution in [1.82, 2.24) is 4.90 Å². The lowest BCUT2D eigenvalue weighted by Crippen LogP contribution is -2.37. The molecule has 0 N–H and O–H groups in total. The van der Waals surface area contributed by atoms with Crippen LogP contribution in [0, 0.1) is 0 Å². The van der Waals surface area contributed by atoms with Crippen molar-refractivity contribution in [3.8, 4) is 0 Å². The number of ether oxygens (including phenoxy) is 1. The van der Waals surface area contributed by atoms with Crippen LogP contribution in [0.5, 0.6) is 0 Å². The summed E-state index contributed by atoms with van der Waals surface area (Å²) in [5.41, 5.74) is 1.95. The van der Waals surface area contributed by atoms with Gasteiger partial charge in [-0.25, -0.2) is 4.79 Å². The SMILES string of the molecule is CCCCN(Cc1ccc(Br)cc1N1CCCC1)C(=O)OC(C)(C)C. The van der Waals surface area contributed by atoms with E-state index < -0.39 is 5.60 Å². The largest absolute Gasteiger partial charge is 0.444 e. The maximum atomic E-state index is 12.6. The molecule has 1 heterocycles. The Morgan fingerprint density at radius 1 is 1.28 bits per heavy atom. The molecule has 25 heavy (non-hydrogen) atoms. The lowest BCUT2D eigenvalue weighted by molar-refractivity contribution is 0.0231. The normalized spacial score (nSPS) is 14.7. The van der Waals surface area contributed by atoms with Crippen molar-refractivity contribution in [2.45, 2.75) is 65.5 Å². The summed E-state index contributed by atoms with van der Waals surface area (Å²) < 4.78 is 6.70. The first-order valence-electron chi connectivity index (χ1n) is 9.31. The average Bonchev–Trinajstić information content (AvgIpc) is 3.05. The van der Waals surface area contributed by atoms with Crippen LogP contribution < -0.4 is 4.90 Å². The van der Waals surface area contributed by atoms with Crippen LogP contribution in [-0.2, 0) is 11.3 Å². The number of halogens is 1. The predicted octanol–water partition coefficient (Wildman–Crippen LogP) is 5.59. The summed E-state index contributed by atoms with van der Waals surface area (Å²) in [6.07, 6.45) is 4.28. The number of anilines is 1. The molecule has 2 rings (SSSR count). The van der Waals surface area contributed by atoms with E-state index in [0.717, 1.165) is 36.9 Å². The van der Waals surface area contributed by atoms with Crippen molar-refractivity contribution in [3.63, 3.8) is 0 Å². The Morgan fingerprint density at radius 2 is 1.96 bits per heavy atom. The molecule has 0 radical (unpaired) electrons. The Kier molecular flexibility index (Phi) is 7.17. The number of unbranched alkanes of at least 4 members (excludes halogenated alkanes) is 1. The van der Waals surface area contributed by atoms with Crippen LogP contribution in [0.2, 0.25) is 0 Å². The molecular formula is C20H31BrN2O2. The Hall–Kier alpha value is -1.23. The molecule has 1 fully saturated rings. The van der Waals surface area contributed by atoms with Gasteiger partial charge in [-0.1, -0.05) is 35.3 Å². The molecule has 0 aromatic heterocycles. The van der Waals surface area contributed by atoms with Gasteiger partial charge in [-0.2, -0.15) is 0 Å². The van der Waals surface area contributed by atoms with Crippen molar-refractivity contribution < 1.29 is 9.53 Å². The summed E-state index contributed by atoms with van der Waals surface area (Å²) in [5, 5.41) is 0. The molecule has 1 aliphatic heterocycles. The summed E-state index contributed by atoms with van der Waals surface area (Å²) in [4.78, 5) is 16.9. The topological polar surface area (TPSA) is 32.8 Å². The van der Waals surface area contributed by atoms with Crippen LogP contribution in [0.3, 0.4) is 0 Å².